The molecule has 0 fully saturated rings. The van der Waals surface area contributed by atoms with Crippen LogP contribution in [0.3, 0.4) is 0 Å². The molecule has 0 amide bonds. The third-order valence-corrected chi connectivity index (χ3v) is 3.29. The van der Waals surface area contributed by atoms with Crippen molar-refractivity contribution >= 4 is 5.97 Å². The molecule has 1 aromatic rings. The van der Waals surface area contributed by atoms with Crippen LogP contribution in [0.15, 0.2) is 0 Å². The van der Waals surface area contributed by atoms with Gasteiger partial charge in [-0.25, -0.2) is 0 Å². The lowest BCUT2D eigenvalue weighted by Gasteiger charge is -2.06. The number of esters is 1. The van der Waals surface area contributed by atoms with Crippen LogP contribution >= 0.6 is 0 Å². The first kappa shape index (κ1) is 16.7. The molecule has 1 heterocycles. The topological polar surface area (TPSA) is 65.4 Å². The molecule has 0 aliphatic rings. The Bertz CT molecular complexity index is 430. The number of carbonyl (C=O) groups is 1. The van der Waals surface area contributed by atoms with Crippen LogP contribution in [0.25, 0.3) is 0 Å². The molecule has 0 aliphatic heterocycles. The largest absolute Gasteiger partial charge is 0.469 e. The zero-order chi connectivity index (χ0) is 15.0. The van der Waals surface area contributed by atoms with Gasteiger partial charge in [0.2, 0.25) is 0 Å². The fourth-order valence-corrected chi connectivity index (χ4v) is 2.07. The molecular weight excluding hydrogens is 258 g/mol. The van der Waals surface area contributed by atoms with Gasteiger partial charge in [0.1, 0.15) is 0 Å². The summed E-state index contributed by atoms with van der Waals surface area (Å²) < 4.78 is 11.6. The molecule has 0 bridgehead atoms. The lowest BCUT2D eigenvalue weighted by molar-refractivity contribution is -0.140. The van der Waals surface area contributed by atoms with E-state index >= 15 is 0 Å². The van der Waals surface area contributed by atoms with Gasteiger partial charge in [0.15, 0.2) is 0 Å². The Morgan fingerprint density at radius 2 is 2.10 bits per heavy atom. The Labute approximate surface area is 120 Å². The van der Waals surface area contributed by atoms with Crippen molar-refractivity contribution in [1.29, 1.82) is 0 Å². The van der Waals surface area contributed by atoms with Crippen molar-refractivity contribution in [3.05, 3.63) is 17.0 Å². The summed E-state index contributed by atoms with van der Waals surface area (Å²) in [5, 5.41) is 7.85. The van der Waals surface area contributed by atoms with Gasteiger partial charge in [-0.15, -0.1) is 0 Å². The van der Waals surface area contributed by atoms with Crippen LogP contribution in [0.4, 0.5) is 0 Å². The van der Waals surface area contributed by atoms with E-state index in [1.807, 2.05) is 11.6 Å². The van der Waals surface area contributed by atoms with E-state index in [4.69, 9.17) is 4.74 Å². The van der Waals surface area contributed by atoms with Crippen molar-refractivity contribution < 1.29 is 14.3 Å². The Hall–Kier alpha value is -1.40. The number of nitrogens with zero attached hydrogens (tertiary/aromatic N) is 2. The molecule has 6 nitrogen and oxygen atoms in total. The standard InChI is InChI=1S/C14H25N3O3/c1-11-13(10-15-7-9-19-3)12(2)17(16-11)8-5-6-14(18)20-4/h15H,5-10H2,1-4H3. The second-order valence-electron chi connectivity index (χ2n) is 4.72. The number of methoxy groups -OCH3 is 2. The average molecular weight is 283 g/mol. The lowest BCUT2D eigenvalue weighted by Crippen LogP contribution is -2.19. The van der Waals surface area contributed by atoms with Gasteiger partial charge in [-0.1, -0.05) is 0 Å². The number of rotatable bonds is 9. The molecule has 1 aromatic heterocycles. The van der Waals surface area contributed by atoms with Gasteiger partial charge < -0.3 is 14.8 Å². The minimum Gasteiger partial charge on any atom is -0.469 e. The maximum absolute atomic E-state index is 11.1. The minimum absolute atomic E-state index is 0.173. The highest BCUT2D eigenvalue weighted by atomic mass is 16.5. The zero-order valence-corrected chi connectivity index (χ0v) is 12.9. The van der Waals surface area contributed by atoms with E-state index in [-0.39, 0.29) is 5.97 Å². The summed E-state index contributed by atoms with van der Waals surface area (Å²) in [6, 6.07) is 0. The van der Waals surface area contributed by atoms with E-state index in [9.17, 15) is 4.79 Å². The summed E-state index contributed by atoms with van der Waals surface area (Å²) in [6.45, 7) is 7.12. The van der Waals surface area contributed by atoms with E-state index in [0.717, 1.165) is 37.4 Å². The molecule has 1 rings (SSSR count). The van der Waals surface area contributed by atoms with Crippen LogP contribution in [0.1, 0.15) is 29.8 Å². The van der Waals surface area contributed by atoms with Crippen LogP contribution in [-0.2, 0) is 27.4 Å². The molecule has 0 aliphatic carbocycles. The number of ether oxygens (including phenoxy) is 2. The van der Waals surface area contributed by atoms with Gasteiger partial charge in [-0.05, 0) is 20.3 Å². The zero-order valence-electron chi connectivity index (χ0n) is 12.9. The molecule has 114 valence electrons. The van der Waals surface area contributed by atoms with Crippen molar-refractivity contribution in [2.45, 2.75) is 39.8 Å². The Kier molecular flexibility index (Phi) is 7.25. The summed E-state index contributed by atoms with van der Waals surface area (Å²) in [6.07, 6.45) is 1.17. The Morgan fingerprint density at radius 1 is 1.35 bits per heavy atom. The SMILES string of the molecule is COCCNCc1c(C)nn(CCCC(=O)OC)c1C. The summed E-state index contributed by atoms with van der Waals surface area (Å²) >= 11 is 0. The molecule has 6 heteroatoms. The Morgan fingerprint density at radius 3 is 2.75 bits per heavy atom. The number of nitrogens with one attached hydrogen (secondary N) is 1. The summed E-state index contributed by atoms with van der Waals surface area (Å²) in [7, 11) is 3.10. The predicted octanol–water partition coefficient (Wildman–Crippen LogP) is 1.19. The highest BCUT2D eigenvalue weighted by Gasteiger charge is 2.11. The maximum atomic E-state index is 11.1. The maximum Gasteiger partial charge on any atom is 0.305 e. The molecular formula is C14H25N3O3. The van der Waals surface area contributed by atoms with Gasteiger partial charge in [0, 0.05) is 44.4 Å². The predicted molar refractivity (Wildman–Crippen MR) is 76.5 cm³/mol. The van der Waals surface area contributed by atoms with Crippen molar-refractivity contribution in [2.24, 2.45) is 0 Å². The number of hydrogen-bond acceptors (Lipinski definition) is 5. The monoisotopic (exact) mass is 283 g/mol. The van der Waals surface area contributed by atoms with Crippen LogP contribution in [0.5, 0.6) is 0 Å². The molecule has 1 N–H and O–H groups in total. The number of aromatic nitrogens is 2. The third-order valence-electron chi connectivity index (χ3n) is 3.29. The normalized spacial score (nSPS) is 10.8. The van der Waals surface area contributed by atoms with Crippen molar-refractivity contribution in [3.63, 3.8) is 0 Å². The van der Waals surface area contributed by atoms with E-state index < -0.39 is 0 Å². The number of aryl methyl sites for hydroxylation is 2. The third kappa shape index (κ3) is 4.94. The van der Waals surface area contributed by atoms with Crippen molar-refractivity contribution in [2.75, 3.05) is 27.4 Å². The molecule has 20 heavy (non-hydrogen) atoms. The molecule has 0 radical (unpaired) electrons. The molecule has 0 saturated carbocycles. The average Bonchev–Trinajstić information content (AvgIpc) is 2.70. The first-order valence-electron chi connectivity index (χ1n) is 6.89. The smallest absolute Gasteiger partial charge is 0.305 e. The highest BCUT2D eigenvalue weighted by molar-refractivity contribution is 5.68. The highest BCUT2D eigenvalue weighted by Crippen LogP contribution is 2.13. The van der Waals surface area contributed by atoms with Gasteiger partial charge >= 0.3 is 5.97 Å². The minimum atomic E-state index is -0.173. The summed E-state index contributed by atoms with van der Waals surface area (Å²) in [4.78, 5) is 11.1. The van der Waals surface area contributed by atoms with E-state index in [1.165, 1.54) is 12.7 Å². The van der Waals surface area contributed by atoms with E-state index in [0.29, 0.717) is 13.0 Å². The van der Waals surface area contributed by atoms with Crippen LogP contribution in [0, 0.1) is 13.8 Å². The van der Waals surface area contributed by atoms with Crippen LogP contribution in [-0.4, -0.2) is 43.1 Å². The van der Waals surface area contributed by atoms with Crippen LogP contribution in [0.2, 0.25) is 0 Å². The van der Waals surface area contributed by atoms with Gasteiger partial charge in [0.05, 0.1) is 19.4 Å². The van der Waals surface area contributed by atoms with Gasteiger partial charge in [0.25, 0.3) is 0 Å². The van der Waals surface area contributed by atoms with Crippen LogP contribution < -0.4 is 5.32 Å². The van der Waals surface area contributed by atoms with E-state index in [1.54, 1.807) is 7.11 Å². The molecule has 0 saturated heterocycles. The molecule has 0 spiro atoms. The molecule has 0 unspecified atom stereocenters. The second-order valence-corrected chi connectivity index (χ2v) is 4.72. The first-order chi connectivity index (χ1) is 9.60. The second kappa shape index (κ2) is 8.71. The van der Waals surface area contributed by atoms with Gasteiger partial charge in [-0.2, -0.15) is 5.10 Å². The fourth-order valence-electron chi connectivity index (χ4n) is 2.07. The van der Waals surface area contributed by atoms with E-state index in [2.05, 4.69) is 22.1 Å². The fraction of sp³-hybridized carbons (Fsp3) is 0.714. The quantitative estimate of drug-likeness (QED) is 0.545. The summed E-state index contributed by atoms with van der Waals surface area (Å²) in [5.74, 6) is -0.173. The van der Waals surface area contributed by atoms with Crippen molar-refractivity contribution in [3.8, 4) is 0 Å². The van der Waals surface area contributed by atoms with Gasteiger partial charge in [-0.3, -0.25) is 9.48 Å². The lowest BCUT2D eigenvalue weighted by atomic mass is 10.2. The number of carbonyl (C=O) groups excluding carboxylic acids is 1. The summed E-state index contributed by atoms with van der Waals surface area (Å²) in [5.41, 5.74) is 3.40. The molecule has 0 atom stereocenters. The Balaban J connectivity index is 2.50. The number of hydrogen-bond donors (Lipinski definition) is 1. The first-order valence-corrected chi connectivity index (χ1v) is 6.89. The molecule has 0 aromatic carbocycles. The van der Waals surface area contributed by atoms with Crippen molar-refractivity contribution in [1.82, 2.24) is 15.1 Å².